The lowest BCUT2D eigenvalue weighted by atomic mass is 10.2. The molecule has 0 heterocycles. The van der Waals surface area contributed by atoms with Crippen LogP contribution in [0.25, 0.3) is 0 Å². The highest BCUT2D eigenvalue weighted by Crippen LogP contribution is 2.36. The zero-order valence-corrected chi connectivity index (χ0v) is 14.1. The van der Waals surface area contributed by atoms with E-state index in [1.807, 2.05) is 13.1 Å². The van der Waals surface area contributed by atoms with E-state index in [1.54, 1.807) is 7.11 Å². The average Bonchev–Trinajstić information content (AvgIpc) is 2.25. The molecule has 0 saturated heterocycles. The van der Waals surface area contributed by atoms with E-state index in [9.17, 15) is 4.79 Å². The molecule has 6 heteroatoms. The Morgan fingerprint density at radius 2 is 1.53 bits per heavy atom. The molecular weight excluding hydrogens is 264 g/mol. The Labute approximate surface area is 117 Å². The molecule has 0 aliphatic heterocycles. The van der Waals surface area contributed by atoms with Crippen molar-refractivity contribution in [2.75, 3.05) is 40.1 Å². The molecule has 0 bridgehead atoms. The summed E-state index contributed by atoms with van der Waals surface area (Å²) < 4.78 is 20.8. The van der Waals surface area contributed by atoms with Crippen molar-refractivity contribution in [3.63, 3.8) is 0 Å². The molecule has 114 valence electrons. The molecule has 0 amide bonds. The van der Waals surface area contributed by atoms with Gasteiger partial charge in [-0.25, -0.2) is 0 Å². The van der Waals surface area contributed by atoms with Crippen LogP contribution in [0.1, 0.15) is 20.8 Å². The second-order valence-electron chi connectivity index (χ2n) is 5.89. The molecule has 5 nitrogen and oxygen atoms in total. The lowest BCUT2D eigenvalue weighted by molar-refractivity contribution is -0.141. The van der Waals surface area contributed by atoms with Crippen molar-refractivity contribution >= 4 is 14.3 Å². The molecule has 0 fully saturated rings. The van der Waals surface area contributed by atoms with Gasteiger partial charge in [-0.15, -0.1) is 0 Å². The summed E-state index contributed by atoms with van der Waals surface area (Å²) in [5.41, 5.74) is 0. The molecule has 0 N–H and O–H groups in total. The number of carbonyl (C=O) groups is 1. The van der Waals surface area contributed by atoms with E-state index >= 15 is 0 Å². The minimum Gasteiger partial charge on any atom is -0.517 e. The molecule has 19 heavy (non-hydrogen) atoms. The van der Waals surface area contributed by atoms with Crippen LogP contribution in [-0.2, 0) is 23.4 Å². The number of ether oxygens (including phenoxy) is 3. The van der Waals surface area contributed by atoms with Gasteiger partial charge >= 0.3 is 5.97 Å². The number of hydrogen-bond acceptors (Lipinski definition) is 5. The fourth-order valence-electron chi connectivity index (χ4n) is 0.985. The summed E-state index contributed by atoms with van der Waals surface area (Å²) in [5, 5.41) is 0.0198. The molecule has 0 aliphatic rings. The van der Waals surface area contributed by atoms with E-state index in [4.69, 9.17) is 18.6 Å². The Kier molecular flexibility index (Phi) is 8.48. The third-order valence-electron chi connectivity index (χ3n) is 3.20. The van der Waals surface area contributed by atoms with Crippen molar-refractivity contribution in [1.82, 2.24) is 0 Å². The van der Waals surface area contributed by atoms with Gasteiger partial charge in [0.05, 0.1) is 26.4 Å². The predicted octanol–water partition coefficient (Wildman–Crippen LogP) is 2.21. The van der Waals surface area contributed by atoms with Crippen molar-refractivity contribution < 1.29 is 23.4 Å². The fraction of sp³-hybridized carbons (Fsp3) is 0.923. The molecular formula is C13H28O5Si. The van der Waals surface area contributed by atoms with E-state index < -0.39 is 8.32 Å². The van der Waals surface area contributed by atoms with Gasteiger partial charge in [0.1, 0.15) is 6.61 Å². The van der Waals surface area contributed by atoms with Crippen LogP contribution < -0.4 is 0 Å². The summed E-state index contributed by atoms with van der Waals surface area (Å²) in [7, 11) is -0.410. The molecule has 0 rings (SSSR count). The zero-order chi connectivity index (χ0) is 14.9. The minimum atomic E-state index is -2.03. The molecule has 0 atom stereocenters. The summed E-state index contributed by atoms with van der Waals surface area (Å²) >= 11 is 0. The highest BCUT2D eigenvalue weighted by Gasteiger charge is 2.40. The minimum absolute atomic E-state index is 0.0137. The molecule has 0 unspecified atom stereocenters. The zero-order valence-electron chi connectivity index (χ0n) is 13.1. The number of methoxy groups -OCH3 is 1. The van der Waals surface area contributed by atoms with Crippen LogP contribution in [0.15, 0.2) is 0 Å². The molecule has 0 aromatic rings. The van der Waals surface area contributed by atoms with Crippen LogP contribution in [0.3, 0.4) is 0 Å². The van der Waals surface area contributed by atoms with Crippen molar-refractivity contribution in [2.45, 2.75) is 38.9 Å². The normalized spacial score (nSPS) is 12.5. The van der Waals surface area contributed by atoms with E-state index in [0.717, 1.165) is 0 Å². The van der Waals surface area contributed by atoms with Gasteiger partial charge in [0, 0.05) is 7.11 Å². The van der Waals surface area contributed by atoms with Gasteiger partial charge in [0.25, 0.3) is 8.32 Å². The van der Waals surface area contributed by atoms with Gasteiger partial charge in [-0.2, -0.15) is 0 Å². The SMILES string of the molecule is COCCOCCOCC(=O)O[Si](C)(C)C(C)(C)C. The Balaban J connectivity index is 3.71. The summed E-state index contributed by atoms with van der Waals surface area (Å²) in [6.07, 6.45) is 0. The van der Waals surface area contributed by atoms with E-state index in [1.165, 1.54) is 0 Å². The topological polar surface area (TPSA) is 54.0 Å². The maximum atomic E-state index is 11.7. The summed E-state index contributed by atoms with van der Waals surface area (Å²) in [6.45, 7) is 12.3. The fourth-order valence-corrected chi connectivity index (χ4v) is 1.92. The first-order valence-corrected chi connectivity index (χ1v) is 9.48. The Morgan fingerprint density at radius 3 is 2.05 bits per heavy atom. The lowest BCUT2D eigenvalue weighted by Crippen LogP contribution is -2.43. The predicted molar refractivity (Wildman–Crippen MR) is 76.8 cm³/mol. The van der Waals surface area contributed by atoms with Crippen LogP contribution in [-0.4, -0.2) is 54.4 Å². The molecule has 0 aromatic heterocycles. The smallest absolute Gasteiger partial charge is 0.318 e. The average molecular weight is 292 g/mol. The van der Waals surface area contributed by atoms with Crippen LogP contribution in [0.2, 0.25) is 18.1 Å². The van der Waals surface area contributed by atoms with Crippen molar-refractivity contribution in [2.24, 2.45) is 0 Å². The molecule has 0 spiro atoms. The van der Waals surface area contributed by atoms with Gasteiger partial charge in [-0.3, -0.25) is 4.79 Å². The highest BCUT2D eigenvalue weighted by atomic mass is 28.4. The van der Waals surface area contributed by atoms with Gasteiger partial charge in [-0.05, 0) is 18.1 Å². The van der Waals surface area contributed by atoms with E-state index in [2.05, 4.69) is 20.8 Å². The third-order valence-corrected chi connectivity index (χ3v) is 7.55. The first-order chi connectivity index (χ1) is 8.70. The first kappa shape index (κ1) is 18.6. The Hall–Kier alpha value is -0.433. The quantitative estimate of drug-likeness (QED) is 0.482. The maximum absolute atomic E-state index is 11.7. The van der Waals surface area contributed by atoms with Gasteiger partial charge < -0.3 is 18.6 Å². The number of rotatable bonds is 9. The Bertz CT molecular complexity index is 260. The first-order valence-electron chi connectivity index (χ1n) is 6.57. The molecule has 0 saturated carbocycles. The molecule has 0 aliphatic carbocycles. The van der Waals surface area contributed by atoms with Gasteiger partial charge in [0.2, 0.25) is 0 Å². The molecule has 0 radical (unpaired) electrons. The standard InChI is InChI=1S/C13H28O5Si/c1-13(2,3)19(5,6)18-12(14)11-17-10-9-16-8-7-15-4/h7-11H2,1-6H3. The number of hydrogen-bond donors (Lipinski definition) is 0. The summed E-state index contributed by atoms with van der Waals surface area (Å²) in [6, 6.07) is 0. The molecule has 0 aromatic carbocycles. The monoisotopic (exact) mass is 292 g/mol. The second kappa shape index (κ2) is 8.68. The summed E-state index contributed by atoms with van der Waals surface area (Å²) in [4.78, 5) is 11.7. The van der Waals surface area contributed by atoms with Crippen LogP contribution in [0.5, 0.6) is 0 Å². The van der Waals surface area contributed by atoms with E-state index in [0.29, 0.717) is 26.4 Å². The lowest BCUT2D eigenvalue weighted by Gasteiger charge is -2.35. The number of carbonyl (C=O) groups excluding carboxylic acids is 1. The Morgan fingerprint density at radius 1 is 1.00 bits per heavy atom. The second-order valence-corrected chi connectivity index (χ2v) is 10.6. The van der Waals surface area contributed by atoms with Gasteiger partial charge in [0.15, 0.2) is 0 Å². The van der Waals surface area contributed by atoms with Crippen molar-refractivity contribution in [3.05, 3.63) is 0 Å². The summed E-state index contributed by atoms with van der Waals surface area (Å²) in [5.74, 6) is -0.288. The highest BCUT2D eigenvalue weighted by molar-refractivity contribution is 6.75. The van der Waals surface area contributed by atoms with Crippen LogP contribution >= 0.6 is 0 Å². The van der Waals surface area contributed by atoms with E-state index in [-0.39, 0.29) is 17.6 Å². The van der Waals surface area contributed by atoms with Crippen LogP contribution in [0.4, 0.5) is 0 Å². The maximum Gasteiger partial charge on any atom is 0.318 e. The largest absolute Gasteiger partial charge is 0.517 e. The van der Waals surface area contributed by atoms with Crippen molar-refractivity contribution in [3.8, 4) is 0 Å². The van der Waals surface area contributed by atoms with Crippen molar-refractivity contribution in [1.29, 1.82) is 0 Å². The van der Waals surface area contributed by atoms with Crippen LogP contribution in [0, 0.1) is 0 Å². The van der Waals surface area contributed by atoms with Gasteiger partial charge in [-0.1, -0.05) is 20.8 Å². The third kappa shape index (κ3) is 8.36.